The molecule has 0 saturated heterocycles. The number of non-ortho nitro benzene ring substituents is 1. The second kappa shape index (κ2) is 7.51. The number of nitrogens with one attached hydrogen (secondary N) is 1. The van der Waals surface area contributed by atoms with Gasteiger partial charge in [0.15, 0.2) is 0 Å². The fourth-order valence-corrected chi connectivity index (χ4v) is 2.30. The number of amides is 1. The van der Waals surface area contributed by atoms with Gasteiger partial charge in [0.25, 0.3) is 5.69 Å². The van der Waals surface area contributed by atoms with Gasteiger partial charge in [0.1, 0.15) is 6.10 Å². The lowest BCUT2D eigenvalue weighted by molar-refractivity contribution is -0.385. The highest BCUT2D eigenvalue weighted by Gasteiger charge is 2.25. The maximum Gasteiger partial charge on any atom is 0.269 e. The van der Waals surface area contributed by atoms with Gasteiger partial charge in [-0.15, -0.1) is 0 Å². The first-order chi connectivity index (χ1) is 11.0. The Morgan fingerprint density at radius 1 is 1.17 bits per heavy atom. The number of hydrogen-bond donors (Lipinski definition) is 2. The Bertz CT molecular complexity index is 688. The first kappa shape index (κ1) is 16.6. The van der Waals surface area contributed by atoms with Crippen LogP contribution in [0.15, 0.2) is 54.6 Å². The van der Waals surface area contributed by atoms with E-state index in [0.717, 1.165) is 5.56 Å². The lowest BCUT2D eigenvalue weighted by Gasteiger charge is -2.25. The van der Waals surface area contributed by atoms with Gasteiger partial charge in [-0.2, -0.15) is 0 Å². The van der Waals surface area contributed by atoms with Crippen molar-refractivity contribution in [3.63, 3.8) is 0 Å². The molecule has 0 aliphatic heterocycles. The first-order valence-electron chi connectivity index (χ1n) is 7.29. The van der Waals surface area contributed by atoms with Crippen LogP contribution in [0.4, 0.5) is 5.69 Å². The van der Waals surface area contributed by atoms with E-state index in [1.165, 1.54) is 18.2 Å². The van der Waals surface area contributed by atoms with Crippen molar-refractivity contribution >= 4 is 11.6 Å². The molecule has 2 aromatic rings. The maximum atomic E-state index is 11.8. The fourth-order valence-electron chi connectivity index (χ4n) is 2.30. The van der Waals surface area contributed by atoms with Gasteiger partial charge in [-0.3, -0.25) is 14.9 Å². The van der Waals surface area contributed by atoms with Gasteiger partial charge < -0.3 is 10.4 Å². The second-order valence-electron chi connectivity index (χ2n) is 5.11. The van der Waals surface area contributed by atoms with Crippen molar-refractivity contribution in [2.75, 3.05) is 0 Å². The molecule has 0 bridgehead atoms. The van der Waals surface area contributed by atoms with E-state index in [1.807, 2.05) is 6.07 Å². The molecule has 0 aliphatic rings. The fraction of sp³-hybridized carbons (Fsp3) is 0.235. The summed E-state index contributed by atoms with van der Waals surface area (Å²) in [4.78, 5) is 22.2. The van der Waals surface area contributed by atoms with E-state index in [-0.39, 0.29) is 18.0 Å². The molecule has 0 aliphatic carbocycles. The molecule has 0 radical (unpaired) electrons. The minimum atomic E-state index is -1.09. The Balaban J connectivity index is 2.36. The molecule has 2 rings (SSSR count). The summed E-state index contributed by atoms with van der Waals surface area (Å²) in [5, 5.41) is 24.3. The zero-order valence-corrected chi connectivity index (χ0v) is 12.7. The third-order valence-corrected chi connectivity index (χ3v) is 3.53. The van der Waals surface area contributed by atoms with E-state index in [1.54, 1.807) is 37.3 Å². The van der Waals surface area contributed by atoms with Crippen molar-refractivity contribution in [2.24, 2.45) is 0 Å². The number of benzene rings is 2. The number of nitro groups is 1. The van der Waals surface area contributed by atoms with Crippen LogP contribution in [0, 0.1) is 10.1 Å². The van der Waals surface area contributed by atoms with Crippen molar-refractivity contribution in [1.82, 2.24) is 5.32 Å². The Hall–Kier alpha value is -2.73. The molecular weight excluding hydrogens is 296 g/mol. The molecule has 6 nitrogen and oxygen atoms in total. The average molecular weight is 314 g/mol. The van der Waals surface area contributed by atoms with Crippen LogP contribution < -0.4 is 5.32 Å². The molecule has 23 heavy (non-hydrogen) atoms. The molecule has 0 heterocycles. The third kappa shape index (κ3) is 4.14. The van der Waals surface area contributed by atoms with E-state index in [4.69, 9.17) is 0 Å². The zero-order chi connectivity index (χ0) is 16.8. The first-order valence-corrected chi connectivity index (χ1v) is 7.29. The van der Waals surface area contributed by atoms with Gasteiger partial charge in [-0.05, 0) is 11.1 Å². The van der Waals surface area contributed by atoms with Crippen molar-refractivity contribution < 1.29 is 14.8 Å². The molecule has 2 atom stereocenters. The third-order valence-electron chi connectivity index (χ3n) is 3.53. The Kier molecular flexibility index (Phi) is 5.43. The lowest BCUT2D eigenvalue weighted by atomic mass is 9.95. The average Bonchev–Trinajstić information content (AvgIpc) is 2.59. The molecule has 2 N–H and O–H groups in total. The van der Waals surface area contributed by atoms with Gasteiger partial charge in [-0.25, -0.2) is 0 Å². The summed E-state index contributed by atoms with van der Waals surface area (Å²) in [7, 11) is 0. The van der Waals surface area contributed by atoms with E-state index in [2.05, 4.69) is 5.32 Å². The molecule has 1 unspecified atom stereocenters. The highest BCUT2D eigenvalue weighted by Crippen LogP contribution is 2.30. The predicted octanol–water partition coefficient (Wildman–Crippen LogP) is 2.90. The summed E-state index contributed by atoms with van der Waals surface area (Å²) < 4.78 is 0. The standard InChI is InChI=1S/C17H18N2O4/c1-2-15(20)18-16(12-7-4-3-5-8-12)17(21)13-9-6-10-14(11-13)19(22)23/h3-11,16-17,21H,2H2,1H3,(H,18,20)/t16?,17-/m1/s1. The largest absolute Gasteiger partial charge is 0.386 e. The Morgan fingerprint density at radius 3 is 2.43 bits per heavy atom. The van der Waals surface area contributed by atoms with Crippen LogP contribution in [0.2, 0.25) is 0 Å². The van der Waals surface area contributed by atoms with E-state index in [0.29, 0.717) is 5.56 Å². The number of aliphatic hydroxyl groups excluding tert-OH is 1. The lowest BCUT2D eigenvalue weighted by Crippen LogP contribution is -2.32. The normalized spacial score (nSPS) is 13.1. The number of nitrogens with zero attached hydrogens (tertiary/aromatic N) is 1. The second-order valence-corrected chi connectivity index (χ2v) is 5.11. The molecule has 120 valence electrons. The summed E-state index contributed by atoms with van der Waals surface area (Å²) in [5.41, 5.74) is 1.01. The Labute approximate surface area is 133 Å². The number of carbonyl (C=O) groups is 1. The number of rotatable bonds is 6. The van der Waals surface area contributed by atoms with Crippen LogP contribution in [0.1, 0.15) is 36.6 Å². The minimum absolute atomic E-state index is 0.102. The van der Waals surface area contributed by atoms with Crippen molar-refractivity contribution in [3.8, 4) is 0 Å². The number of hydrogen-bond acceptors (Lipinski definition) is 4. The highest BCUT2D eigenvalue weighted by atomic mass is 16.6. The SMILES string of the molecule is CCC(=O)NC(c1ccccc1)[C@H](O)c1cccc([N+](=O)[O-])c1. The summed E-state index contributed by atoms with van der Waals surface area (Å²) in [6, 6.07) is 14.2. The summed E-state index contributed by atoms with van der Waals surface area (Å²) >= 11 is 0. The number of aliphatic hydroxyl groups is 1. The molecule has 1 amide bonds. The van der Waals surface area contributed by atoms with Crippen LogP contribution in [0.5, 0.6) is 0 Å². The number of carbonyl (C=O) groups excluding carboxylic acids is 1. The smallest absolute Gasteiger partial charge is 0.269 e. The summed E-state index contributed by atoms with van der Waals surface area (Å²) in [6.07, 6.45) is -0.807. The highest BCUT2D eigenvalue weighted by molar-refractivity contribution is 5.76. The number of nitro benzene ring substituents is 1. The van der Waals surface area contributed by atoms with E-state index in [9.17, 15) is 20.0 Å². The van der Waals surface area contributed by atoms with Gasteiger partial charge in [0.05, 0.1) is 11.0 Å². The molecule has 0 saturated carbocycles. The van der Waals surface area contributed by atoms with Crippen LogP contribution in [-0.2, 0) is 4.79 Å². The topological polar surface area (TPSA) is 92.5 Å². The summed E-state index contributed by atoms with van der Waals surface area (Å²) in [6.45, 7) is 1.72. The van der Waals surface area contributed by atoms with Crippen LogP contribution in [0.3, 0.4) is 0 Å². The van der Waals surface area contributed by atoms with E-state index >= 15 is 0 Å². The zero-order valence-electron chi connectivity index (χ0n) is 12.7. The Morgan fingerprint density at radius 2 is 1.83 bits per heavy atom. The van der Waals surface area contributed by atoms with Gasteiger partial charge in [0, 0.05) is 18.6 Å². The van der Waals surface area contributed by atoms with Crippen LogP contribution >= 0.6 is 0 Å². The van der Waals surface area contributed by atoms with Crippen molar-refractivity contribution in [3.05, 3.63) is 75.8 Å². The molecule has 2 aromatic carbocycles. The molecule has 0 fully saturated rings. The predicted molar refractivity (Wildman–Crippen MR) is 85.7 cm³/mol. The quantitative estimate of drug-likeness (QED) is 0.633. The molecule has 6 heteroatoms. The maximum absolute atomic E-state index is 11.8. The van der Waals surface area contributed by atoms with Gasteiger partial charge >= 0.3 is 0 Å². The van der Waals surface area contributed by atoms with Gasteiger partial charge in [0.2, 0.25) is 5.91 Å². The molecule has 0 aromatic heterocycles. The van der Waals surface area contributed by atoms with Crippen LogP contribution in [-0.4, -0.2) is 15.9 Å². The molecular formula is C17H18N2O4. The molecule has 0 spiro atoms. The van der Waals surface area contributed by atoms with Gasteiger partial charge in [-0.1, -0.05) is 49.4 Å². The van der Waals surface area contributed by atoms with Crippen molar-refractivity contribution in [1.29, 1.82) is 0 Å². The minimum Gasteiger partial charge on any atom is -0.386 e. The van der Waals surface area contributed by atoms with Crippen molar-refractivity contribution in [2.45, 2.75) is 25.5 Å². The summed E-state index contributed by atoms with van der Waals surface area (Å²) in [5.74, 6) is -0.205. The monoisotopic (exact) mass is 314 g/mol. The van der Waals surface area contributed by atoms with Crippen LogP contribution in [0.25, 0.3) is 0 Å². The van der Waals surface area contributed by atoms with E-state index < -0.39 is 17.1 Å².